The quantitative estimate of drug-likeness (QED) is 0.515. The first-order valence-electron chi connectivity index (χ1n) is 9.41. The fourth-order valence-corrected chi connectivity index (χ4v) is 4.25. The summed E-state index contributed by atoms with van der Waals surface area (Å²) in [4.78, 5) is 24.3. The summed E-state index contributed by atoms with van der Waals surface area (Å²) in [5, 5.41) is 2.98. The van der Waals surface area contributed by atoms with Crippen molar-refractivity contribution in [2.45, 2.75) is 38.4 Å². The molecular weight excluding hydrogens is 401 g/mol. The zero-order valence-corrected chi connectivity index (χ0v) is 16.5. The van der Waals surface area contributed by atoms with Crippen LogP contribution in [0.1, 0.15) is 41.6 Å². The molecular formula is C21H21F3N2O2S. The molecule has 0 bridgehead atoms. The molecule has 1 aromatic heterocycles. The Hall–Kier alpha value is -2.61. The molecule has 3 rings (SSSR count). The first-order chi connectivity index (χ1) is 13.9. The fourth-order valence-electron chi connectivity index (χ4n) is 3.09. The van der Waals surface area contributed by atoms with Crippen LogP contribution in [0.5, 0.6) is 0 Å². The number of hydrogen-bond acceptors (Lipinski definition) is 3. The monoisotopic (exact) mass is 422 g/mol. The third-order valence-corrected chi connectivity index (χ3v) is 5.78. The minimum absolute atomic E-state index is 0.00590. The van der Waals surface area contributed by atoms with Crippen molar-refractivity contribution in [3.8, 4) is 0 Å². The Morgan fingerprint density at radius 3 is 2.41 bits per heavy atom. The summed E-state index contributed by atoms with van der Waals surface area (Å²) in [5.41, 5.74) is -0.508. The summed E-state index contributed by atoms with van der Waals surface area (Å²) in [6.07, 6.45) is -1.28. The van der Waals surface area contributed by atoms with Gasteiger partial charge in [0.2, 0.25) is 0 Å². The van der Waals surface area contributed by atoms with Crippen LogP contribution in [0.25, 0.3) is 10.1 Å². The molecule has 0 aliphatic rings. The number of aryl methyl sites for hydroxylation is 1. The second-order valence-corrected chi connectivity index (χ2v) is 7.75. The average molecular weight is 422 g/mol. The first-order valence-corrected chi connectivity index (χ1v) is 10.2. The summed E-state index contributed by atoms with van der Waals surface area (Å²) in [7, 11) is 0. The van der Waals surface area contributed by atoms with Gasteiger partial charge in [-0.05, 0) is 37.1 Å². The van der Waals surface area contributed by atoms with Crippen molar-refractivity contribution in [2.24, 2.45) is 0 Å². The second-order valence-electron chi connectivity index (χ2n) is 6.71. The predicted octanol–water partition coefficient (Wildman–Crippen LogP) is 5.07. The van der Waals surface area contributed by atoms with Gasteiger partial charge in [0.15, 0.2) is 0 Å². The molecule has 2 aromatic carbocycles. The normalized spacial score (nSPS) is 11.7. The smallest absolute Gasteiger partial charge is 0.352 e. The van der Waals surface area contributed by atoms with E-state index < -0.39 is 11.7 Å². The maximum atomic E-state index is 13.1. The molecule has 3 aromatic rings. The van der Waals surface area contributed by atoms with Crippen molar-refractivity contribution in [1.29, 1.82) is 0 Å². The minimum atomic E-state index is -4.47. The van der Waals surface area contributed by atoms with Crippen LogP contribution < -0.4 is 10.9 Å². The number of alkyl halides is 3. The molecule has 0 fully saturated rings. The van der Waals surface area contributed by atoms with Gasteiger partial charge in [0.25, 0.3) is 11.5 Å². The molecule has 0 spiro atoms. The predicted molar refractivity (Wildman–Crippen MR) is 108 cm³/mol. The topological polar surface area (TPSA) is 51.1 Å². The lowest BCUT2D eigenvalue weighted by Gasteiger charge is -2.06. The Kier molecular flexibility index (Phi) is 6.74. The van der Waals surface area contributed by atoms with Gasteiger partial charge in [-0.3, -0.25) is 13.5 Å². The van der Waals surface area contributed by atoms with E-state index in [4.69, 9.17) is 0 Å². The lowest BCUT2D eigenvalue weighted by Crippen LogP contribution is -2.24. The third-order valence-electron chi connectivity index (χ3n) is 4.59. The van der Waals surface area contributed by atoms with E-state index in [2.05, 4.69) is 5.32 Å². The average Bonchev–Trinajstić information content (AvgIpc) is 3.03. The second kappa shape index (κ2) is 9.26. The molecule has 8 heteroatoms. The van der Waals surface area contributed by atoms with E-state index in [1.807, 2.05) is 18.2 Å². The standard InChI is InChI=1S/C21H21F3N2O2S/c22-21(23,24)17-12-8-11-16-18(17)29-26(20(16)28)14-7-2-1-6-13-25-19(27)15-9-4-3-5-10-15/h3-5,8-12H,1-2,6-7,13-14H2,(H,25,27). The number of aromatic nitrogens is 1. The number of fused-ring (bicyclic) bond motifs is 1. The van der Waals surface area contributed by atoms with E-state index >= 15 is 0 Å². The highest BCUT2D eigenvalue weighted by molar-refractivity contribution is 7.14. The molecule has 0 radical (unpaired) electrons. The van der Waals surface area contributed by atoms with Crippen LogP contribution in [0.2, 0.25) is 0 Å². The molecule has 154 valence electrons. The number of carbonyl (C=O) groups is 1. The van der Waals surface area contributed by atoms with Crippen LogP contribution in [-0.4, -0.2) is 16.4 Å². The molecule has 0 atom stereocenters. The lowest BCUT2D eigenvalue weighted by molar-refractivity contribution is -0.136. The number of rotatable bonds is 8. The Balaban J connectivity index is 1.45. The van der Waals surface area contributed by atoms with Crippen LogP contribution in [0.3, 0.4) is 0 Å². The highest BCUT2D eigenvalue weighted by Gasteiger charge is 2.33. The van der Waals surface area contributed by atoms with Gasteiger partial charge in [0.05, 0.1) is 15.6 Å². The Bertz CT molecular complexity index is 1030. The number of halogens is 3. The van der Waals surface area contributed by atoms with E-state index in [-0.39, 0.29) is 21.6 Å². The van der Waals surface area contributed by atoms with E-state index in [0.29, 0.717) is 25.1 Å². The SMILES string of the molecule is O=C(NCCCCCCn1sc2c(C(F)(F)F)cccc2c1=O)c1ccccc1. The van der Waals surface area contributed by atoms with E-state index in [1.54, 1.807) is 12.1 Å². The van der Waals surface area contributed by atoms with Gasteiger partial charge >= 0.3 is 6.18 Å². The minimum Gasteiger partial charge on any atom is -0.352 e. The highest BCUT2D eigenvalue weighted by Crippen LogP contribution is 2.35. The van der Waals surface area contributed by atoms with Crippen molar-refractivity contribution < 1.29 is 18.0 Å². The van der Waals surface area contributed by atoms with Crippen LogP contribution in [-0.2, 0) is 12.7 Å². The zero-order chi connectivity index (χ0) is 20.9. The summed E-state index contributed by atoms with van der Waals surface area (Å²) in [6, 6.07) is 12.7. The summed E-state index contributed by atoms with van der Waals surface area (Å²) >= 11 is 0.874. The number of benzene rings is 2. The van der Waals surface area contributed by atoms with Crippen molar-refractivity contribution in [3.63, 3.8) is 0 Å². The molecule has 0 saturated carbocycles. The van der Waals surface area contributed by atoms with Crippen molar-refractivity contribution >= 4 is 27.5 Å². The molecule has 1 N–H and O–H groups in total. The van der Waals surface area contributed by atoms with E-state index in [9.17, 15) is 22.8 Å². The fraction of sp³-hybridized carbons (Fsp3) is 0.333. The van der Waals surface area contributed by atoms with Gasteiger partial charge in [0.1, 0.15) is 0 Å². The van der Waals surface area contributed by atoms with Crippen molar-refractivity contribution in [1.82, 2.24) is 9.27 Å². The van der Waals surface area contributed by atoms with Gasteiger partial charge in [-0.25, -0.2) is 0 Å². The number of carbonyl (C=O) groups excluding carboxylic acids is 1. The van der Waals surface area contributed by atoms with E-state index in [0.717, 1.165) is 36.9 Å². The van der Waals surface area contributed by atoms with Gasteiger partial charge in [-0.15, -0.1) is 0 Å². The first kappa shape index (κ1) is 21.1. The molecule has 1 heterocycles. The maximum absolute atomic E-state index is 13.1. The van der Waals surface area contributed by atoms with Gasteiger partial charge < -0.3 is 5.32 Å². The maximum Gasteiger partial charge on any atom is 0.417 e. The Labute approximate surface area is 170 Å². The third kappa shape index (κ3) is 5.26. The number of hydrogen-bond donors (Lipinski definition) is 1. The molecule has 0 aliphatic heterocycles. The van der Waals surface area contributed by atoms with Gasteiger partial charge in [-0.1, -0.05) is 48.6 Å². The molecule has 0 saturated heterocycles. The molecule has 0 aliphatic carbocycles. The van der Waals surface area contributed by atoms with Crippen LogP contribution in [0.4, 0.5) is 13.2 Å². The Morgan fingerprint density at radius 2 is 1.69 bits per heavy atom. The number of amides is 1. The molecule has 0 unspecified atom stereocenters. The van der Waals surface area contributed by atoms with Crippen molar-refractivity contribution in [2.75, 3.05) is 6.54 Å². The largest absolute Gasteiger partial charge is 0.417 e. The van der Waals surface area contributed by atoms with Crippen LogP contribution >= 0.6 is 11.5 Å². The molecule has 29 heavy (non-hydrogen) atoms. The Morgan fingerprint density at radius 1 is 0.966 bits per heavy atom. The number of nitrogens with one attached hydrogen (secondary N) is 1. The summed E-state index contributed by atoms with van der Waals surface area (Å²) in [5.74, 6) is -0.108. The summed E-state index contributed by atoms with van der Waals surface area (Å²) in [6.45, 7) is 0.956. The molecule has 1 amide bonds. The molecule has 4 nitrogen and oxygen atoms in total. The highest BCUT2D eigenvalue weighted by atomic mass is 32.1. The zero-order valence-electron chi connectivity index (χ0n) is 15.7. The number of unbranched alkanes of at least 4 members (excludes halogenated alkanes) is 3. The van der Waals surface area contributed by atoms with E-state index in [1.165, 1.54) is 16.1 Å². The van der Waals surface area contributed by atoms with Crippen LogP contribution in [0, 0.1) is 0 Å². The van der Waals surface area contributed by atoms with Crippen molar-refractivity contribution in [3.05, 3.63) is 70.0 Å². The van der Waals surface area contributed by atoms with Gasteiger partial charge in [0, 0.05) is 18.7 Å². The number of nitrogens with zero attached hydrogens (tertiary/aromatic N) is 1. The lowest BCUT2D eigenvalue weighted by atomic mass is 10.1. The van der Waals surface area contributed by atoms with Gasteiger partial charge in [-0.2, -0.15) is 13.2 Å². The van der Waals surface area contributed by atoms with Crippen LogP contribution in [0.15, 0.2) is 53.3 Å². The summed E-state index contributed by atoms with van der Waals surface area (Å²) < 4.78 is 40.7.